The van der Waals surface area contributed by atoms with Crippen molar-refractivity contribution < 1.29 is 14.2 Å². The number of aliphatic hydroxyl groups excluding tert-OH is 1. The number of aliphatic hydroxyl groups is 1. The Balaban J connectivity index is 0.00000196. The van der Waals surface area contributed by atoms with E-state index in [9.17, 15) is 4.39 Å². The molecule has 1 aromatic rings. The van der Waals surface area contributed by atoms with Gasteiger partial charge < -0.3 is 15.6 Å². The van der Waals surface area contributed by atoms with E-state index in [2.05, 4.69) is 0 Å². The van der Waals surface area contributed by atoms with E-state index in [0.29, 0.717) is 12.0 Å². The van der Waals surface area contributed by atoms with Crippen molar-refractivity contribution in [3.05, 3.63) is 29.6 Å². The van der Waals surface area contributed by atoms with Crippen LogP contribution >= 0.6 is 12.4 Å². The summed E-state index contributed by atoms with van der Waals surface area (Å²) in [4.78, 5) is 0. The van der Waals surface area contributed by atoms with Crippen LogP contribution in [0.25, 0.3) is 0 Å². The molecule has 0 saturated carbocycles. The number of methoxy groups -OCH3 is 1. The molecule has 1 aromatic carbocycles. The van der Waals surface area contributed by atoms with Crippen molar-refractivity contribution >= 4 is 12.4 Å². The highest BCUT2D eigenvalue weighted by atomic mass is 35.5. The second-order valence-corrected chi connectivity index (χ2v) is 3.08. The average molecular weight is 236 g/mol. The molecule has 1 unspecified atom stereocenters. The van der Waals surface area contributed by atoms with Gasteiger partial charge in [0.1, 0.15) is 0 Å². The van der Waals surface area contributed by atoms with Crippen molar-refractivity contribution in [1.29, 1.82) is 0 Å². The van der Waals surface area contributed by atoms with E-state index in [1.165, 1.54) is 7.11 Å². The summed E-state index contributed by atoms with van der Waals surface area (Å²) < 4.78 is 18.3. The van der Waals surface area contributed by atoms with Gasteiger partial charge in [-0.05, 0) is 18.1 Å². The first kappa shape index (κ1) is 14.2. The molecule has 0 saturated heterocycles. The van der Waals surface area contributed by atoms with Crippen LogP contribution in [0.3, 0.4) is 0 Å². The molecule has 0 bridgehead atoms. The molecule has 0 radical (unpaired) electrons. The van der Waals surface area contributed by atoms with Crippen molar-refractivity contribution in [3.8, 4) is 5.75 Å². The zero-order chi connectivity index (χ0) is 10.6. The highest BCUT2D eigenvalue weighted by Crippen LogP contribution is 2.20. The van der Waals surface area contributed by atoms with Crippen molar-refractivity contribution in [2.24, 2.45) is 5.73 Å². The largest absolute Gasteiger partial charge is 0.494 e. The number of hydrogen-bond acceptors (Lipinski definition) is 3. The van der Waals surface area contributed by atoms with Crippen molar-refractivity contribution in [2.75, 3.05) is 13.7 Å². The van der Waals surface area contributed by atoms with Crippen LogP contribution in [0.1, 0.15) is 5.56 Å². The maximum absolute atomic E-state index is 13.5. The van der Waals surface area contributed by atoms with Crippen LogP contribution in [-0.4, -0.2) is 24.9 Å². The fourth-order valence-electron chi connectivity index (χ4n) is 1.22. The zero-order valence-corrected chi connectivity index (χ0v) is 9.26. The summed E-state index contributed by atoms with van der Waals surface area (Å²) in [5, 5.41) is 8.73. The zero-order valence-electron chi connectivity index (χ0n) is 8.44. The monoisotopic (exact) mass is 235 g/mol. The Morgan fingerprint density at radius 3 is 2.73 bits per heavy atom. The van der Waals surface area contributed by atoms with Gasteiger partial charge in [0.25, 0.3) is 0 Å². The quantitative estimate of drug-likeness (QED) is 0.822. The van der Waals surface area contributed by atoms with E-state index in [0.717, 1.165) is 0 Å². The number of halogens is 2. The molecular formula is C10H15ClFNO2. The van der Waals surface area contributed by atoms with Crippen LogP contribution in [0.15, 0.2) is 18.2 Å². The summed E-state index contributed by atoms with van der Waals surface area (Å²) in [6.07, 6.45) is 0.305. The molecule has 3 N–H and O–H groups in total. The molecular weight excluding hydrogens is 221 g/mol. The second kappa shape index (κ2) is 6.61. The standard InChI is InChI=1S/C10H14FNO2.ClH/c1-14-9-4-2-3-7(10(9)11)5-8(12)6-13;/h2-4,8,13H,5-6,12H2,1H3;1H. The predicted octanol–water partition coefficient (Wildman–Crippen LogP) is 1.12. The van der Waals surface area contributed by atoms with E-state index >= 15 is 0 Å². The first-order valence-electron chi connectivity index (χ1n) is 4.36. The van der Waals surface area contributed by atoms with Crippen LogP contribution < -0.4 is 10.5 Å². The summed E-state index contributed by atoms with van der Waals surface area (Å²) in [5.41, 5.74) is 5.97. The fraction of sp³-hybridized carbons (Fsp3) is 0.400. The van der Waals surface area contributed by atoms with Gasteiger partial charge in [0.2, 0.25) is 0 Å². The Labute approximate surface area is 94.5 Å². The Morgan fingerprint density at radius 1 is 1.53 bits per heavy atom. The number of benzene rings is 1. The maximum atomic E-state index is 13.5. The molecule has 1 atom stereocenters. The van der Waals surface area contributed by atoms with Gasteiger partial charge in [0, 0.05) is 6.04 Å². The van der Waals surface area contributed by atoms with E-state index in [4.69, 9.17) is 15.6 Å². The van der Waals surface area contributed by atoms with Crippen molar-refractivity contribution in [2.45, 2.75) is 12.5 Å². The SMILES string of the molecule is COc1cccc(CC(N)CO)c1F.Cl. The van der Waals surface area contributed by atoms with E-state index in [1.54, 1.807) is 18.2 Å². The second-order valence-electron chi connectivity index (χ2n) is 3.08. The third-order valence-electron chi connectivity index (χ3n) is 1.98. The lowest BCUT2D eigenvalue weighted by molar-refractivity contribution is 0.264. The highest BCUT2D eigenvalue weighted by molar-refractivity contribution is 5.85. The molecule has 0 aromatic heterocycles. The van der Waals surface area contributed by atoms with E-state index in [-0.39, 0.29) is 24.8 Å². The lowest BCUT2D eigenvalue weighted by Gasteiger charge is -2.10. The van der Waals surface area contributed by atoms with E-state index in [1.807, 2.05) is 0 Å². The number of hydrogen-bond donors (Lipinski definition) is 2. The molecule has 0 aliphatic rings. The van der Waals surface area contributed by atoms with Crippen molar-refractivity contribution in [3.63, 3.8) is 0 Å². The van der Waals surface area contributed by atoms with Crippen molar-refractivity contribution in [1.82, 2.24) is 0 Å². The van der Waals surface area contributed by atoms with Gasteiger partial charge in [0.15, 0.2) is 11.6 Å². The highest BCUT2D eigenvalue weighted by Gasteiger charge is 2.10. The van der Waals surface area contributed by atoms with Crippen LogP contribution in [-0.2, 0) is 6.42 Å². The number of ether oxygens (including phenoxy) is 1. The van der Waals surface area contributed by atoms with Gasteiger partial charge in [-0.2, -0.15) is 0 Å². The summed E-state index contributed by atoms with van der Waals surface area (Å²) in [5.74, 6) is -0.202. The Hall–Kier alpha value is -0.840. The molecule has 0 fully saturated rings. The minimum atomic E-state index is -0.434. The lowest BCUT2D eigenvalue weighted by atomic mass is 10.1. The molecule has 3 nitrogen and oxygen atoms in total. The number of nitrogens with two attached hydrogens (primary N) is 1. The van der Waals surface area contributed by atoms with Gasteiger partial charge in [0.05, 0.1) is 13.7 Å². The van der Waals surface area contributed by atoms with Gasteiger partial charge in [-0.1, -0.05) is 12.1 Å². The summed E-state index contributed by atoms with van der Waals surface area (Å²) in [6, 6.07) is 4.44. The molecule has 86 valence electrons. The van der Waals surface area contributed by atoms with Crippen LogP contribution in [0, 0.1) is 5.82 Å². The maximum Gasteiger partial charge on any atom is 0.168 e. The summed E-state index contributed by atoms with van der Waals surface area (Å²) in [7, 11) is 1.41. The fourth-order valence-corrected chi connectivity index (χ4v) is 1.22. The Morgan fingerprint density at radius 2 is 2.20 bits per heavy atom. The first-order chi connectivity index (χ1) is 6.69. The first-order valence-corrected chi connectivity index (χ1v) is 4.36. The van der Waals surface area contributed by atoms with Gasteiger partial charge in [-0.25, -0.2) is 4.39 Å². The van der Waals surface area contributed by atoms with Crippen LogP contribution in [0.5, 0.6) is 5.75 Å². The molecule has 15 heavy (non-hydrogen) atoms. The van der Waals surface area contributed by atoms with Gasteiger partial charge in [-0.3, -0.25) is 0 Å². The minimum Gasteiger partial charge on any atom is -0.494 e. The predicted molar refractivity (Wildman–Crippen MR) is 59.0 cm³/mol. The average Bonchev–Trinajstić information content (AvgIpc) is 2.21. The number of rotatable bonds is 4. The van der Waals surface area contributed by atoms with Gasteiger partial charge in [-0.15, -0.1) is 12.4 Å². The molecule has 1 rings (SSSR count). The topological polar surface area (TPSA) is 55.5 Å². The van der Waals surface area contributed by atoms with Crippen LogP contribution in [0.4, 0.5) is 4.39 Å². The Kier molecular flexibility index (Phi) is 6.24. The molecule has 0 spiro atoms. The third-order valence-corrected chi connectivity index (χ3v) is 1.98. The van der Waals surface area contributed by atoms with E-state index < -0.39 is 11.9 Å². The third kappa shape index (κ3) is 3.66. The molecule has 0 aliphatic heterocycles. The lowest BCUT2D eigenvalue weighted by Crippen LogP contribution is -2.27. The Bertz CT molecular complexity index is 309. The minimum absolute atomic E-state index is 0. The summed E-state index contributed by atoms with van der Waals surface area (Å²) in [6.45, 7) is -0.156. The normalized spacial score (nSPS) is 11.7. The molecule has 0 amide bonds. The molecule has 5 heteroatoms. The molecule has 0 aliphatic carbocycles. The van der Waals surface area contributed by atoms with Gasteiger partial charge >= 0.3 is 0 Å². The summed E-state index contributed by atoms with van der Waals surface area (Å²) >= 11 is 0. The van der Waals surface area contributed by atoms with Crippen LogP contribution in [0.2, 0.25) is 0 Å². The smallest absolute Gasteiger partial charge is 0.168 e. The molecule has 0 heterocycles.